The van der Waals surface area contributed by atoms with Gasteiger partial charge in [0.25, 0.3) is 0 Å². The number of urea groups is 1. The summed E-state index contributed by atoms with van der Waals surface area (Å²) < 4.78 is 0. The summed E-state index contributed by atoms with van der Waals surface area (Å²) in [4.78, 5) is 26.1. The van der Waals surface area contributed by atoms with Crippen molar-refractivity contribution in [3.05, 3.63) is 35.9 Å². The van der Waals surface area contributed by atoms with E-state index in [9.17, 15) is 10.1 Å². The van der Waals surface area contributed by atoms with Crippen LogP contribution in [0.3, 0.4) is 0 Å². The lowest BCUT2D eigenvalue weighted by atomic mass is 10.1. The SMILES string of the molecule is N#Cc1c(NC(=O)N2CCCCC2)nc(N2CCCCC2)nc1-c1ccccc1. The van der Waals surface area contributed by atoms with Crippen LogP contribution in [0.2, 0.25) is 0 Å². The number of hydrogen-bond acceptors (Lipinski definition) is 5. The van der Waals surface area contributed by atoms with E-state index in [-0.39, 0.29) is 6.03 Å². The van der Waals surface area contributed by atoms with Gasteiger partial charge in [-0.15, -0.1) is 0 Å². The van der Waals surface area contributed by atoms with E-state index in [0.29, 0.717) is 23.0 Å². The summed E-state index contributed by atoms with van der Waals surface area (Å²) in [6.45, 7) is 3.26. The molecule has 0 atom stereocenters. The monoisotopic (exact) mass is 390 g/mol. The molecule has 150 valence electrons. The van der Waals surface area contributed by atoms with Crippen molar-refractivity contribution in [3.8, 4) is 17.3 Å². The van der Waals surface area contributed by atoms with E-state index in [0.717, 1.165) is 63.8 Å². The average Bonchev–Trinajstić information content (AvgIpc) is 2.80. The Morgan fingerprint density at radius 2 is 1.59 bits per heavy atom. The van der Waals surface area contributed by atoms with E-state index in [2.05, 4.69) is 21.3 Å². The molecule has 0 saturated carbocycles. The van der Waals surface area contributed by atoms with Crippen LogP contribution in [0.25, 0.3) is 11.3 Å². The lowest BCUT2D eigenvalue weighted by Gasteiger charge is -2.29. The molecular formula is C22H26N6O. The molecule has 7 nitrogen and oxygen atoms in total. The van der Waals surface area contributed by atoms with Gasteiger partial charge in [-0.05, 0) is 38.5 Å². The van der Waals surface area contributed by atoms with Crippen molar-refractivity contribution in [2.45, 2.75) is 38.5 Å². The zero-order valence-electron chi connectivity index (χ0n) is 16.6. The smallest absolute Gasteiger partial charge is 0.323 e. The molecule has 2 amide bonds. The van der Waals surface area contributed by atoms with E-state index in [4.69, 9.17) is 4.98 Å². The maximum absolute atomic E-state index is 12.8. The maximum atomic E-state index is 12.8. The number of benzene rings is 1. The number of likely N-dealkylation sites (tertiary alicyclic amines) is 1. The number of rotatable bonds is 3. The Bertz CT molecular complexity index is 896. The molecule has 3 heterocycles. The lowest BCUT2D eigenvalue weighted by Crippen LogP contribution is -2.39. The minimum atomic E-state index is -0.191. The first kappa shape index (κ1) is 19.2. The van der Waals surface area contributed by atoms with Gasteiger partial charge in [0.2, 0.25) is 5.95 Å². The van der Waals surface area contributed by atoms with Crippen molar-refractivity contribution in [1.29, 1.82) is 5.26 Å². The number of nitriles is 1. The van der Waals surface area contributed by atoms with Crippen LogP contribution in [-0.2, 0) is 0 Å². The summed E-state index contributed by atoms with van der Waals surface area (Å²) in [6.07, 6.45) is 6.57. The highest BCUT2D eigenvalue weighted by Gasteiger charge is 2.24. The van der Waals surface area contributed by atoms with Gasteiger partial charge < -0.3 is 9.80 Å². The number of carbonyl (C=O) groups is 1. The molecule has 7 heteroatoms. The van der Waals surface area contributed by atoms with Crippen LogP contribution in [0.1, 0.15) is 44.1 Å². The second-order valence-corrected chi connectivity index (χ2v) is 7.60. The molecule has 2 saturated heterocycles. The van der Waals surface area contributed by atoms with Gasteiger partial charge in [-0.1, -0.05) is 30.3 Å². The Morgan fingerprint density at radius 3 is 2.24 bits per heavy atom. The fraction of sp³-hybridized carbons (Fsp3) is 0.455. The van der Waals surface area contributed by atoms with Crippen LogP contribution in [0.5, 0.6) is 0 Å². The van der Waals surface area contributed by atoms with Gasteiger partial charge in [0.15, 0.2) is 5.82 Å². The van der Waals surface area contributed by atoms with Crippen molar-refractivity contribution >= 4 is 17.8 Å². The van der Waals surface area contributed by atoms with Crippen LogP contribution in [0.15, 0.2) is 30.3 Å². The molecule has 2 aliphatic rings. The second kappa shape index (κ2) is 8.91. The topological polar surface area (TPSA) is 85.2 Å². The third kappa shape index (κ3) is 4.32. The van der Waals surface area contributed by atoms with E-state index in [1.807, 2.05) is 30.3 Å². The Balaban J connectivity index is 1.73. The minimum absolute atomic E-state index is 0.191. The highest BCUT2D eigenvalue weighted by molar-refractivity contribution is 5.91. The van der Waals surface area contributed by atoms with Crippen molar-refractivity contribution in [1.82, 2.24) is 14.9 Å². The lowest BCUT2D eigenvalue weighted by molar-refractivity contribution is 0.200. The number of nitrogens with one attached hydrogen (secondary N) is 1. The number of amides is 2. The molecule has 2 aliphatic heterocycles. The number of piperidine rings is 2. The maximum Gasteiger partial charge on any atom is 0.323 e. The van der Waals surface area contributed by atoms with Gasteiger partial charge in [-0.3, -0.25) is 5.32 Å². The van der Waals surface area contributed by atoms with Gasteiger partial charge in [0.1, 0.15) is 11.6 Å². The minimum Gasteiger partial charge on any atom is -0.341 e. The molecule has 0 unspecified atom stereocenters. The molecule has 1 aromatic heterocycles. The van der Waals surface area contributed by atoms with Gasteiger partial charge in [-0.2, -0.15) is 10.2 Å². The second-order valence-electron chi connectivity index (χ2n) is 7.60. The van der Waals surface area contributed by atoms with Gasteiger partial charge in [-0.25, -0.2) is 9.78 Å². The van der Waals surface area contributed by atoms with Crippen LogP contribution < -0.4 is 10.2 Å². The predicted octanol–water partition coefficient (Wildman–Crippen LogP) is 4.02. The highest BCUT2D eigenvalue weighted by Crippen LogP contribution is 2.29. The van der Waals surface area contributed by atoms with Crippen LogP contribution in [0.4, 0.5) is 16.6 Å². The molecule has 0 radical (unpaired) electrons. The number of nitrogens with zero attached hydrogens (tertiary/aromatic N) is 5. The first-order valence-corrected chi connectivity index (χ1v) is 10.4. The van der Waals surface area contributed by atoms with Crippen molar-refractivity contribution in [3.63, 3.8) is 0 Å². The van der Waals surface area contributed by atoms with Crippen LogP contribution >= 0.6 is 0 Å². The Labute approximate surface area is 171 Å². The van der Waals surface area contributed by atoms with Crippen molar-refractivity contribution < 1.29 is 4.79 Å². The quantitative estimate of drug-likeness (QED) is 0.855. The largest absolute Gasteiger partial charge is 0.341 e. The van der Waals surface area contributed by atoms with E-state index < -0.39 is 0 Å². The molecule has 0 bridgehead atoms. The van der Waals surface area contributed by atoms with Crippen LogP contribution in [-0.4, -0.2) is 47.1 Å². The Hall–Kier alpha value is -3.14. The van der Waals surface area contributed by atoms with Crippen molar-refractivity contribution in [2.24, 2.45) is 0 Å². The first-order valence-electron chi connectivity index (χ1n) is 10.4. The van der Waals surface area contributed by atoms with E-state index >= 15 is 0 Å². The number of carbonyl (C=O) groups excluding carboxylic acids is 1. The highest BCUT2D eigenvalue weighted by atomic mass is 16.2. The Morgan fingerprint density at radius 1 is 0.931 bits per heavy atom. The molecular weight excluding hydrogens is 364 g/mol. The summed E-state index contributed by atoms with van der Waals surface area (Å²) >= 11 is 0. The van der Waals surface area contributed by atoms with E-state index in [1.165, 1.54) is 6.42 Å². The summed E-state index contributed by atoms with van der Waals surface area (Å²) in [5.41, 5.74) is 1.72. The molecule has 0 spiro atoms. The molecule has 29 heavy (non-hydrogen) atoms. The van der Waals surface area contributed by atoms with E-state index in [1.54, 1.807) is 4.90 Å². The first-order chi connectivity index (χ1) is 14.3. The molecule has 4 rings (SSSR count). The molecule has 1 N–H and O–H groups in total. The van der Waals surface area contributed by atoms with Gasteiger partial charge >= 0.3 is 6.03 Å². The molecule has 1 aromatic carbocycles. The summed E-state index contributed by atoms with van der Waals surface area (Å²) in [7, 11) is 0. The molecule has 2 fully saturated rings. The summed E-state index contributed by atoms with van der Waals surface area (Å²) in [5, 5.41) is 12.8. The zero-order valence-corrected chi connectivity index (χ0v) is 16.6. The van der Waals surface area contributed by atoms with Gasteiger partial charge in [0.05, 0.1) is 5.69 Å². The average molecular weight is 390 g/mol. The number of anilines is 2. The normalized spacial score (nSPS) is 16.9. The number of aromatic nitrogens is 2. The van der Waals surface area contributed by atoms with Crippen LogP contribution in [0, 0.1) is 11.3 Å². The third-order valence-corrected chi connectivity index (χ3v) is 5.56. The number of hydrogen-bond donors (Lipinski definition) is 1. The standard InChI is InChI=1S/C22H26N6O/c23-16-18-19(17-10-4-1-5-11-17)24-21(27-12-6-2-7-13-27)25-20(18)26-22(29)28-14-8-3-9-15-28/h1,4-5,10-11H,2-3,6-9,12-15H2,(H,24,25,26,29). The fourth-order valence-electron chi connectivity index (χ4n) is 3.96. The Kier molecular flexibility index (Phi) is 5.89. The third-order valence-electron chi connectivity index (χ3n) is 5.56. The fourth-order valence-corrected chi connectivity index (χ4v) is 3.96. The summed E-state index contributed by atoms with van der Waals surface area (Å²) in [6, 6.07) is 11.7. The summed E-state index contributed by atoms with van der Waals surface area (Å²) in [5.74, 6) is 0.883. The molecule has 2 aromatic rings. The zero-order chi connectivity index (χ0) is 20.1. The van der Waals surface area contributed by atoms with Gasteiger partial charge in [0, 0.05) is 31.7 Å². The molecule has 0 aliphatic carbocycles. The predicted molar refractivity (Wildman–Crippen MR) is 113 cm³/mol. The van der Waals surface area contributed by atoms with Crippen molar-refractivity contribution in [2.75, 3.05) is 36.4 Å².